The van der Waals surface area contributed by atoms with Crippen LogP contribution in [0.3, 0.4) is 0 Å². The number of thiophene rings is 3. The number of benzene rings is 6. The summed E-state index contributed by atoms with van der Waals surface area (Å²) in [5.74, 6) is 0. The zero-order chi connectivity index (χ0) is 29.2. The second kappa shape index (κ2) is 8.83. The van der Waals surface area contributed by atoms with E-state index in [0.717, 1.165) is 43.9 Å². The Bertz CT molecular complexity index is 2790. The molecule has 0 aliphatic carbocycles. The molecule has 45 heavy (non-hydrogen) atoms. The Morgan fingerprint density at radius 3 is 1.38 bits per heavy atom. The molecule has 0 N–H and O–H groups in total. The quantitative estimate of drug-likeness (QED) is 0.190. The first-order valence-corrected chi connectivity index (χ1v) is 17.5. The maximum Gasteiger partial charge on any atom is 0.135 e. The van der Waals surface area contributed by atoms with Crippen molar-refractivity contribution >= 4 is 118 Å². The van der Waals surface area contributed by atoms with Gasteiger partial charge in [-0.1, -0.05) is 48.5 Å². The molecule has 2 nitrogen and oxygen atoms in total. The molecule has 0 saturated heterocycles. The first-order valence-electron chi connectivity index (χ1n) is 14.9. The van der Waals surface area contributed by atoms with E-state index in [9.17, 15) is 0 Å². The van der Waals surface area contributed by atoms with Crippen LogP contribution in [0.2, 0.25) is 0 Å². The Hall–Kier alpha value is -4.94. The Kier molecular flexibility index (Phi) is 4.78. The second-order valence-electron chi connectivity index (χ2n) is 11.6. The average molecular weight is 629 g/mol. The highest BCUT2D eigenvalue weighted by Crippen LogP contribution is 2.50. The van der Waals surface area contributed by atoms with Crippen LogP contribution >= 0.6 is 34.0 Å². The fourth-order valence-corrected chi connectivity index (χ4v) is 10.5. The van der Waals surface area contributed by atoms with E-state index >= 15 is 0 Å². The third kappa shape index (κ3) is 3.32. The third-order valence-corrected chi connectivity index (χ3v) is 12.2. The molecule has 0 spiro atoms. The summed E-state index contributed by atoms with van der Waals surface area (Å²) in [6.45, 7) is 0. The summed E-state index contributed by atoms with van der Waals surface area (Å²) in [6, 6.07) is 39.3. The van der Waals surface area contributed by atoms with Crippen LogP contribution in [0.15, 0.2) is 129 Å². The smallest absolute Gasteiger partial charge is 0.135 e. The highest BCUT2D eigenvalue weighted by molar-refractivity contribution is 7.28. The molecule has 6 aromatic carbocycles. The summed E-state index contributed by atoms with van der Waals surface area (Å²) < 4.78 is 17.7. The van der Waals surface area contributed by atoms with Crippen molar-refractivity contribution in [2.24, 2.45) is 0 Å². The molecule has 0 aliphatic rings. The average Bonchev–Trinajstić information content (AvgIpc) is 3.90. The van der Waals surface area contributed by atoms with Gasteiger partial charge in [0.1, 0.15) is 22.3 Å². The highest BCUT2D eigenvalue weighted by Gasteiger charge is 2.20. The van der Waals surface area contributed by atoms with Gasteiger partial charge in [0.15, 0.2) is 0 Å². The molecule has 5 aromatic heterocycles. The van der Waals surface area contributed by atoms with Gasteiger partial charge in [-0.05, 0) is 93.7 Å². The van der Waals surface area contributed by atoms with E-state index in [1.807, 2.05) is 58.3 Å². The van der Waals surface area contributed by atoms with Gasteiger partial charge in [0.25, 0.3) is 0 Å². The van der Waals surface area contributed by atoms with Crippen LogP contribution in [-0.2, 0) is 0 Å². The molecule has 0 saturated carbocycles. The van der Waals surface area contributed by atoms with Crippen molar-refractivity contribution in [2.75, 3.05) is 0 Å². The Balaban J connectivity index is 1.17. The van der Waals surface area contributed by atoms with Crippen molar-refractivity contribution in [3.05, 3.63) is 120 Å². The number of hydrogen-bond donors (Lipinski definition) is 0. The van der Waals surface area contributed by atoms with E-state index < -0.39 is 0 Å². The summed E-state index contributed by atoms with van der Waals surface area (Å²) in [5.41, 5.74) is 8.72. The van der Waals surface area contributed by atoms with Gasteiger partial charge in [0, 0.05) is 61.9 Å². The minimum absolute atomic E-state index is 0.929. The van der Waals surface area contributed by atoms with Gasteiger partial charge in [-0.2, -0.15) is 0 Å². The van der Waals surface area contributed by atoms with Gasteiger partial charge in [0.2, 0.25) is 0 Å². The van der Waals surface area contributed by atoms with Crippen LogP contribution in [0.4, 0.5) is 0 Å². The molecule has 0 unspecified atom stereocenters. The molecule has 0 atom stereocenters. The summed E-state index contributed by atoms with van der Waals surface area (Å²) in [7, 11) is 0. The van der Waals surface area contributed by atoms with Gasteiger partial charge in [-0.15, -0.1) is 34.0 Å². The summed E-state index contributed by atoms with van der Waals surface area (Å²) in [5, 5.41) is 14.5. The van der Waals surface area contributed by atoms with Crippen LogP contribution in [0.1, 0.15) is 0 Å². The lowest BCUT2D eigenvalue weighted by Crippen LogP contribution is -1.81. The lowest BCUT2D eigenvalue weighted by atomic mass is 9.96. The van der Waals surface area contributed by atoms with Gasteiger partial charge in [0.05, 0.1) is 0 Å². The summed E-state index contributed by atoms with van der Waals surface area (Å²) >= 11 is 5.61. The molecular weight excluding hydrogens is 609 g/mol. The zero-order valence-electron chi connectivity index (χ0n) is 23.6. The van der Waals surface area contributed by atoms with Crippen molar-refractivity contribution in [1.29, 1.82) is 0 Å². The van der Waals surface area contributed by atoms with Crippen molar-refractivity contribution in [2.45, 2.75) is 0 Å². The number of hydrogen-bond acceptors (Lipinski definition) is 5. The predicted molar refractivity (Wildman–Crippen MR) is 196 cm³/mol. The summed E-state index contributed by atoms with van der Waals surface area (Å²) in [6.07, 6.45) is 0. The van der Waals surface area contributed by atoms with Crippen LogP contribution in [-0.4, -0.2) is 0 Å². The molecule has 0 radical (unpaired) electrons. The second-order valence-corrected chi connectivity index (χ2v) is 14.6. The predicted octanol–water partition coefficient (Wildman–Crippen LogP) is 13.6. The van der Waals surface area contributed by atoms with Crippen LogP contribution in [0.25, 0.3) is 106 Å². The summed E-state index contributed by atoms with van der Waals surface area (Å²) in [4.78, 5) is 0. The van der Waals surface area contributed by atoms with E-state index in [-0.39, 0.29) is 0 Å². The van der Waals surface area contributed by atoms with Gasteiger partial charge in [-0.3, -0.25) is 0 Å². The van der Waals surface area contributed by atoms with Gasteiger partial charge in [-0.25, -0.2) is 0 Å². The number of para-hydroxylation sites is 2. The monoisotopic (exact) mass is 628 g/mol. The van der Waals surface area contributed by atoms with Crippen molar-refractivity contribution in [3.8, 4) is 22.3 Å². The van der Waals surface area contributed by atoms with Crippen LogP contribution < -0.4 is 0 Å². The molecule has 0 amide bonds. The lowest BCUT2D eigenvalue weighted by Gasteiger charge is -2.08. The molecule has 5 heterocycles. The maximum atomic E-state index is 6.15. The molecular formula is C40H20O2S3. The number of rotatable bonds is 2. The maximum absolute atomic E-state index is 6.15. The Morgan fingerprint density at radius 1 is 0.400 bits per heavy atom. The molecule has 210 valence electrons. The minimum atomic E-state index is 0.929. The fourth-order valence-electron chi connectivity index (χ4n) is 7.23. The lowest BCUT2D eigenvalue weighted by molar-refractivity contribution is 0.668. The molecule has 5 heteroatoms. The largest absolute Gasteiger partial charge is 0.456 e. The van der Waals surface area contributed by atoms with Crippen LogP contribution in [0, 0.1) is 0 Å². The molecule has 0 fully saturated rings. The van der Waals surface area contributed by atoms with E-state index in [0.29, 0.717) is 0 Å². The van der Waals surface area contributed by atoms with E-state index in [1.54, 1.807) is 0 Å². The first kappa shape index (κ1) is 24.4. The van der Waals surface area contributed by atoms with Crippen molar-refractivity contribution in [1.82, 2.24) is 0 Å². The molecule has 0 aliphatic heterocycles. The first-order chi connectivity index (χ1) is 22.3. The minimum Gasteiger partial charge on any atom is -0.456 e. The highest BCUT2D eigenvalue weighted by atomic mass is 32.1. The van der Waals surface area contributed by atoms with Crippen molar-refractivity contribution in [3.63, 3.8) is 0 Å². The van der Waals surface area contributed by atoms with Crippen molar-refractivity contribution < 1.29 is 8.83 Å². The SMILES string of the molecule is c1ccc2c(c1)oc1ccc(-c3cc4sc5cc(-c6ccc7oc8ccccc8c7c6)c6ccsc6c5c4c4sccc34)cc12. The third-order valence-electron chi connectivity index (χ3n) is 9.25. The molecule has 0 bridgehead atoms. The number of fused-ring (bicyclic) bond motifs is 13. The Labute approximate surface area is 268 Å². The van der Waals surface area contributed by atoms with E-state index in [2.05, 4.69) is 95.7 Å². The van der Waals surface area contributed by atoms with Gasteiger partial charge >= 0.3 is 0 Å². The zero-order valence-corrected chi connectivity index (χ0v) is 26.0. The molecule has 11 rings (SSSR count). The van der Waals surface area contributed by atoms with Gasteiger partial charge < -0.3 is 8.83 Å². The Morgan fingerprint density at radius 2 is 0.867 bits per heavy atom. The van der Waals surface area contributed by atoms with E-state index in [1.165, 1.54) is 62.6 Å². The fraction of sp³-hybridized carbons (Fsp3) is 0. The van der Waals surface area contributed by atoms with E-state index in [4.69, 9.17) is 8.83 Å². The topological polar surface area (TPSA) is 26.3 Å². The standard InChI is InChI=1S/C40H20O2S3/c1-3-7-31-23(5-1)29-17-21(9-11-33(29)41-31)27-19-35-37(39-25(27)13-15-43-39)38-36(45-35)20-28(26-14-16-44-40(26)38)22-10-12-34-30(18-22)24-6-2-4-8-32(24)42-34/h1-20H. The molecule has 11 aromatic rings. The normalized spacial score (nSPS) is 12.4. The van der Waals surface area contributed by atoms with Crippen LogP contribution in [0.5, 0.6) is 0 Å². The number of furan rings is 2.